The Bertz CT molecular complexity index is 615. The molecule has 1 aromatic rings. The van der Waals surface area contributed by atoms with Crippen molar-refractivity contribution < 1.29 is 13.2 Å². The second-order valence-corrected chi connectivity index (χ2v) is 7.48. The molecule has 130 valence electrons. The zero-order chi connectivity index (χ0) is 16.2. The largest absolute Gasteiger partial charge is 0.355 e. The molecule has 1 amide bonds. The van der Waals surface area contributed by atoms with Gasteiger partial charge in [-0.2, -0.15) is 0 Å². The second kappa shape index (κ2) is 8.63. The van der Waals surface area contributed by atoms with Gasteiger partial charge in [0.05, 0.1) is 4.90 Å². The van der Waals surface area contributed by atoms with Crippen LogP contribution in [0, 0.1) is 18.8 Å². The number of nitrogens with one attached hydrogen (secondary N) is 3. The van der Waals surface area contributed by atoms with E-state index < -0.39 is 10.0 Å². The summed E-state index contributed by atoms with van der Waals surface area (Å²) in [6.07, 6.45) is 0. The third-order valence-electron chi connectivity index (χ3n) is 3.98. The molecular formula is C15H24ClN3O3S. The highest BCUT2D eigenvalue weighted by molar-refractivity contribution is 7.89. The van der Waals surface area contributed by atoms with Crippen molar-refractivity contribution in [2.75, 3.05) is 26.2 Å². The lowest BCUT2D eigenvalue weighted by atomic mass is 9.88. The van der Waals surface area contributed by atoms with E-state index in [1.807, 2.05) is 13.8 Å². The van der Waals surface area contributed by atoms with Crippen molar-refractivity contribution in [3.63, 3.8) is 0 Å². The van der Waals surface area contributed by atoms with Gasteiger partial charge in [0.15, 0.2) is 0 Å². The fourth-order valence-corrected chi connectivity index (χ4v) is 3.24. The molecule has 1 heterocycles. The van der Waals surface area contributed by atoms with E-state index in [4.69, 9.17) is 0 Å². The molecule has 0 aliphatic carbocycles. The van der Waals surface area contributed by atoms with E-state index in [1.54, 1.807) is 24.3 Å². The van der Waals surface area contributed by atoms with Gasteiger partial charge in [-0.05, 0) is 38.1 Å². The summed E-state index contributed by atoms with van der Waals surface area (Å²) in [5, 5.41) is 5.91. The Morgan fingerprint density at radius 1 is 1.26 bits per heavy atom. The maximum atomic E-state index is 12.1. The number of amides is 1. The van der Waals surface area contributed by atoms with Crippen molar-refractivity contribution in [2.45, 2.75) is 18.7 Å². The van der Waals surface area contributed by atoms with Crippen molar-refractivity contribution in [3.05, 3.63) is 29.8 Å². The normalized spacial score (nSPS) is 16.1. The van der Waals surface area contributed by atoms with E-state index in [1.165, 1.54) is 0 Å². The number of carbonyl (C=O) groups is 1. The van der Waals surface area contributed by atoms with Crippen LogP contribution in [0.1, 0.15) is 12.5 Å². The Labute approximate surface area is 143 Å². The molecule has 0 saturated carbocycles. The summed E-state index contributed by atoms with van der Waals surface area (Å²) in [6.45, 7) is 6.00. The highest BCUT2D eigenvalue weighted by atomic mass is 35.5. The number of halogens is 1. The van der Waals surface area contributed by atoms with Crippen LogP contribution in [0.15, 0.2) is 29.2 Å². The van der Waals surface area contributed by atoms with E-state index in [-0.39, 0.29) is 42.2 Å². The molecule has 3 N–H and O–H groups in total. The topological polar surface area (TPSA) is 87.3 Å². The molecule has 0 radical (unpaired) electrons. The van der Waals surface area contributed by atoms with E-state index in [0.29, 0.717) is 5.92 Å². The van der Waals surface area contributed by atoms with Crippen molar-refractivity contribution in [1.29, 1.82) is 0 Å². The number of aryl methyl sites for hydroxylation is 1. The highest BCUT2D eigenvalue weighted by Crippen LogP contribution is 2.15. The predicted octanol–water partition coefficient (Wildman–Crippen LogP) is 0.667. The summed E-state index contributed by atoms with van der Waals surface area (Å²) in [7, 11) is -3.52. The number of benzene rings is 1. The van der Waals surface area contributed by atoms with Gasteiger partial charge in [-0.25, -0.2) is 13.1 Å². The summed E-state index contributed by atoms with van der Waals surface area (Å²) in [5.41, 5.74) is 1.01. The van der Waals surface area contributed by atoms with Gasteiger partial charge in [0.2, 0.25) is 15.9 Å². The van der Waals surface area contributed by atoms with Crippen LogP contribution in [-0.2, 0) is 14.8 Å². The third-order valence-corrected chi connectivity index (χ3v) is 5.46. The molecule has 1 aliphatic heterocycles. The Kier molecular flexibility index (Phi) is 7.47. The Morgan fingerprint density at radius 2 is 1.87 bits per heavy atom. The zero-order valence-corrected chi connectivity index (χ0v) is 15.0. The van der Waals surface area contributed by atoms with Crippen LogP contribution in [0.3, 0.4) is 0 Å². The lowest BCUT2D eigenvalue weighted by Gasteiger charge is -2.31. The van der Waals surface area contributed by atoms with Crippen molar-refractivity contribution in [1.82, 2.24) is 15.4 Å². The minimum Gasteiger partial charge on any atom is -0.355 e. The first-order valence-corrected chi connectivity index (χ1v) is 8.93. The molecule has 1 atom stereocenters. The highest BCUT2D eigenvalue weighted by Gasteiger charge is 2.28. The molecular weight excluding hydrogens is 338 g/mol. The lowest BCUT2D eigenvalue weighted by molar-refractivity contribution is -0.126. The minimum atomic E-state index is -3.52. The van der Waals surface area contributed by atoms with E-state index in [2.05, 4.69) is 15.4 Å². The fourth-order valence-electron chi connectivity index (χ4n) is 2.21. The number of hydrogen-bond acceptors (Lipinski definition) is 4. The number of sulfonamides is 1. The standard InChI is InChI=1S/C15H23N3O3S.ClH/c1-11-3-5-14(6-4-11)22(20,21)18-8-7-17-15(19)12(2)13-9-16-10-13;/h3-6,12-13,16,18H,7-10H2,1-2H3,(H,17,19);1H. The molecule has 0 aromatic heterocycles. The van der Waals surface area contributed by atoms with Crippen LogP contribution in [0.25, 0.3) is 0 Å². The summed E-state index contributed by atoms with van der Waals surface area (Å²) in [6, 6.07) is 6.65. The zero-order valence-electron chi connectivity index (χ0n) is 13.3. The van der Waals surface area contributed by atoms with Gasteiger partial charge >= 0.3 is 0 Å². The van der Waals surface area contributed by atoms with Crippen LogP contribution in [0.4, 0.5) is 0 Å². The first-order valence-electron chi connectivity index (χ1n) is 7.45. The van der Waals surface area contributed by atoms with Gasteiger partial charge in [0, 0.05) is 19.0 Å². The van der Waals surface area contributed by atoms with E-state index in [9.17, 15) is 13.2 Å². The first-order chi connectivity index (χ1) is 10.4. The number of rotatable bonds is 7. The predicted molar refractivity (Wildman–Crippen MR) is 92.1 cm³/mol. The monoisotopic (exact) mass is 361 g/mol. The molecule has 0 spiro atoms. The summed E-state index contributed by atoms with van der Waals surface area (Å²) >= 11 is 0. The van der Waals surface area contributed by atoms with Gasteiger partial charge < -0.3 is 10.6 Å². The molecule has 6 nitrogen and oxygen atoms in total. The van der Waals surface area contributed by atoms with Crippen LogP contribution >= 0.6 is 12.4 Å². The maximum absolute atomic E-state index is 12.1. The van der Waals surface area contributed by atoms with Gasteiger partial charge in [-0.1, -0.05) is 24.6 Å². The second-order valence-electron chi connectivity index (χ2n) is 5.71. The molecule has 23 heavy (non-hydrogen) atoms. The summed E-state index contributed by atoms with van der Waals surface area (Å²) < 4.78 is 26.6. The first kappa shape index (κ1) is 19.9. The number of hydrogen-bond donors (Lipinski definition) is 3. The molecule has 1 fully saturated rings. The summed E-state index contributed by atoms with van der Waals surface area (Å²) in [5.74, 6) is 0.306. The van der Waals surface area contributed by atoms with Gasteiger partial charge in [-0.3, -0.25) is 4.79 Å². The Hall–Kier alpha value is -1.15. The molecule has 0 bridgehead atoms. The smallest absolute Gasteiger partial charge is 0.240 e. The minimum absolute atomic E-state index is 0. The van der Waals surface area contributed by atoms with Crippen molar-refractivity contribution in [3.8, 4) is 0 Å². The molecule has 1 saturated heterocycles. The van der Waals surface area contributed by atoms with Gasteiger partial charge in [0.1, 0.15) is 0 Å². The molecule has 8 heteroatoms. The lowest BCUT2D eigenvalue weighted by Crippen LogP contribution is -2.50. The fraction of sp³-hybridized carbons (Fsp3) is 0.533. The van der Waals surface area contributed by atoms with Crippen LogP contribution in [0.2, 0.25) is 0 Å². The third kappa shape index (κ3) is 5.46. The Morgan fingerprint density at radius 3 is 2.39 bits per heavy atom. The van der Waals surface area contributed by atoms with Crippen LogP contribution < -0.4 is 15.4 Å². The maximum Gasteiger partial charge on any atom is 0.240 e. The molecule has 1 aliphatic rings. The molecule has 2 rings (SSSR count). The molecule has 1 aromatic carbocycles. The van der Waals surface area contributed by atoms with Gasteiger partial charge in [0.25, 0.3) is 0 Å². The quantitative estimate of drug-likeness (QED) is 0.623. The van der Waals surface area contributed by atoms with Crippen molar-refractivity contribution in [2.24, 2.45) is 11.8 Å². The number of carbonyl (C=O) groups excluding carboxylic acids is 1. The molecule has 1 unspecified atom stereocenters. The SMILES string of the molecule is Cc1ccc(S(=O)(=O)NCCNC(=O)C(C)C2CNC2)cc1.Cl. The average Bonchev–Trinajstić information content (AvgIpc) is 2.42. The van der Waals surface area contributed by atoms with E-state index >= 15 is 0 Å². The summed E-state index contributed by atoms with van der Waals surface area (Å²) in [4.78, 5) is 12.1. The van der Waals surface area contributed by atoms with Gasteiger partial charge in [-0.15, -0.1) is 12.4 Å². The van der Waals surface area contributed by atoms with Crippen LogP contribution in [-0.4, -0.2) is 40.5 Å². The Balaban J connectivity index is 0.00000264. The van der Waals surface area contributed by atoms with E-state index in [0.717, 1.165) is 18.7 Å². The van der Waals surface area contributed by atoms with Crippen molar-refractivity contribution >= 4 is 28.3 Å². The van der Waals surface area contributed by atoms with Crippen LogP contribution in [0.5, 0.6) is 0 Å². The average molecular weight is 362 g/mol.